The predicted octanol–water partition coefficient (Wildman–Crippen LogP) is 7.55. The van der Waals surface area contributed by atoms with E-state index >= 15 is 0 Å². The second-order valence-electron chi connectivity index (χ2n) is 10.9. The molecule has 1 aromatic carbocycles. The fourth-order valence-electron chi connectivity index (χ4n) is 4.26. The number of unbranched alkanes of at least 4 members (excludes halogenated alkanes) is 2. The third-order valence-electron chi connectivity index (χ3n) is 6.31. The smallest absolute Gasteiger partial charge is 0.0811 e. The first-order chi connectivity index (χ1) is 14.0. The molecule has 0 aliphatic heterocycles. The summed E-state index contributed by atoms with van der Waals surface area (Å²) in [7, 11) is 4.90. The first-order valence-electron chi connectivity index (χ1n) is 12.6. The van der Waals surface area contributed by atoms with Crippen molar-refractivity contribution in [1.82, 2.24) is 0 Å². The number of hydrogen-bond donors (Lipinski definition) is 0. The van der Waals surface area contributed by atoms with Crippen molar-refractivity contribution < 1.29 is 9.59 Å². The van der Waals surface area contributed by atoms with Crippen LogP contribution in [0.15, 0.2) is 24.3 Å². The van der Waals surface area contributed by atoms with E-state index in [-0.39, 0.29) is 11.2 Å². The summed E-state index contributed by atoms with van der Waals surface area (Å²) in [6.07, 6.45) is 11.1. The van der Waals surface area contributed by atoms with E-state index in [0.29, 0.717) is 0 Å². The van der Waals surface area contributed by atoms with Gasteiger partial charge in [0.2, 0.25) is 0 Å². The molecule has 0 amide bonds. The highest BCUT2D eigenvalue weighted by Gasteiger charge is 2.24. The van der Waals surface area contributed by atoms with Crippen LogP contribution in [0.5, 0.6) is 5.75 Å². The van der Waals surface area contributed by atoms with E-state index in [0.717, 1.165) is 11.8 Å². The topological polar surface area (TPSA) is 23.1 Å². The summed E-state index contributed by atoms with van der Waals surface area (Å²) in [5.74, 6) is 1.94. The third-order valence-corrected chi connectivity index (χ3v) is 6.31. The molecule has 0 aliphatic carbocycles. The maximum Gasteiger partial charge on any atom is 0.0811 e. The summed E-state index contributed by atoms with van der Waals surface area (Å²) in [5, 5.41) is 10.7. The van der Waals surface area contributed by atoms with E-state index < -0.39 is 0 Å². The van der Waals surface area contributed by atoms with Gasteiger partial charge in [0.1, 0.15) is 0 Å². The lowest BCUT2D eigenvalue weighted by atomic mass is 9.87. The van der Waals surface area contributed by atoms with Gasteiger partial charge in [0.25, 0.3) is 0 Å². The summed E-state index contributed by atoms with van der Waals surface area (Å²) < 4.78 is 1.23. The highest BCUT2D eigenvalue weighted by molar-refractivity contribution is 5.29. The molecule has 2 unspecified atom stereocenters. The van der Waals surface area contributed by atoms with Crippen LogP contribution in [0.2, 0.25) is 0 Å². The van der Waals surface area contributed by atoms with E-state index in [2.05, 4.69) is 62.6 Å². The summed E-state index contributed by atoms with van der Waals surface area (Å²) >= 11 is 0. The number of nitrogens with zero attached hydrogens (tertiary/aromatic N) is 1. The quantitative estimate of drug-likeness (QED) is 0.321. The van der Waals surface area contributed by atoms with Crippen LogP contribution in [0, 0.1) is 11.8 Å². The Morgan fingerprint density at radius 3 is 1.47 bits per heavy atom. The molecule has 0 fully saturated rings. The predicted molar refractivity (Wildman–Crippen MR) is 133 cm³/mol. The van der Waals surface area contributed by atoms with Crippen molar-refractivity contribution in [2.75, 3.05) is 27.2 Å². The Bertz CT molecular complexity index is 507. The zero-order chi connectivity index (χ0) is 23.2. The van der Waals surface area contributed by atoms with Gasteiger partial charge in [0.15, 0.2) is 0 Å². The lowest BCUT2D eigenvalue weighted by Gasteiger charge is -2.36. The van der Waals surface area contributed by atoms with Crippen LogP contribution >= 0.6 is 0 Å². The van der Waals surface area contributed by atoms with Crippen molar-refractivity contribution in [3.8, 4) is 5.75 Å². The van der Waals surface area contributed by atoms with Crippen molar-refractivity contribution in [2.24, 2.45) is 11.8 Å². The van der Waals surface area contributed by atoms with E-state index in [1.54, 1.807) is 12.1 Å². The SMILES string of the molecule is CC(C)(C)c1ccc([O-])cc1.CCCCC(CC)C[N+](C)(C)CC(CC)CCCC. The first kappa shape index (κ1) is 29.0. The number of benzene rings is 1. The van der Waals surface area contributed by atoms with Gasteiger partial charge in [0.05, 0.1) is 27.2 Å². The molecule has 176 valence electrons. The maximum atomic E-state index is 10.7. The Balaban J connectivity index is 0.000000642. The maximum absolute atomic E-state index is 10.7. The zero-order valence-electron chi connectivity index (χ0n) is 21.9. The fourth-order valence-corrected chi connectivity index (χ4v) is 4.26. The lowest BCUT2D eigenvalue weighted by Crippen LogP contribution is -2.46. The van der Waals surface area contributed by atoms with Gasteiger partial charge in [-0.25, -0.2) is 0 Å². The highest BCUT2D eigenvalue weighted by atomic mass is 16.3. The molecular formula is C28H53NO. The van der Waals surface area contributed by atoms with Crippen LogP contribution in [0.1, 0.15) is 105 Å². The Kier molecular flexibility index (Phi) is 14.4. The molecular weight excluding hydrogens is 366 g/mol. The molecule has 0 spiro atoms. The number of rotatable bonds is 12. The summed E-state index contributed by atoms with van der Waals surface area (Å²) in [5.41, 5.74) is 1.35. The number of hydrogen-bond acceptors (Lipinski definition) is 1. The summed E-state index contributed by atoms with van der Waals surface area (Å²) in [6.45, 7) is 18.5. The van der Waals surface area contributed by atoms with E-state index in [4.69, 9.17) is 0 Å². The van der Waals surface area contributed by atoms with Crippen LogP contribution < -0.4 is 5.11 Å². The minimum atomic E-state index is 0.0815. The van der Waals surface area contributed by atoms with Gasteiger partial charge in [-0.05, 0) is 36.7 Å². The second-order valence-corrected chi connectivity index (χ2v) is 10.9. The first-order valence-corrected chi connectivity index (χ1v) is 12.6. The Hall–Kier alpha value is -1.02. The van der Waals surface area contributed by atoms with Gasteiger partial charge in [-0.3, -0.25) is 0 Å². The molecule has 0 aromatic heterocycles. The average molecular weight is 420 g/mol. The van der Waals surface area contributed by atoms with E-state index in [1.807, 2.05) is 12.1 Å². The van der Waals surface area contributed by atoms with Crippen LogP contribution in [0.4, 0.5) is 0 Å². The minimum Gasteiger partial charge on any atom is -0.872 e. The molecule has 2 atom stereocenters. The lowest BCUT2D eigenvalue weighted by molar-refractivity contribution is -0.897. The molecule has 0 saturated heterocycles. The summed E-state index contributed by atoms with van der Waals surface area (Å²) in [4.78, 5) is 0. The van der Waals surface area contributed by atoms with Gasteiger partial charge in [-0.15, -0.1) is 5.75 Å². The Morgan fingerprint density at radius 1 is 0.767 bits per heavy atom. The van der Waals surface area contributed by atoms with Crippen molar-refractivity contribution in [3.63, 3.8) is 0 Å². The number of quaternary nitrogens is 1. The monoisotopic (exact) mass is 419 g/mol. The summed E-state index contributed by atoms with van der Waals surface area (Å²) in [6, 6.07) is 7.01. The van der Waals surface area contributed by atoms with Crippen LogP contribution in [0.3, 0.4) is 0 Å². The molecule has 0 saturated carbocycles. The van der Waals surface area contributed by atoms with Crippen molar-refractivity contribution >= 4 is 0 Å². The highest BCUT2D eigenvalue weighted by Crippen LogP contribution is 2.23. The Labute approximate surface area is 189 Å². The minimum absolute atomic E-state index is 0.0815. The van der Waals surface area contributed by atoms with Crippen molar-refractivity contribution in [3.05, 3.63) is 29.8 Å². The van der Waals surface area contributed by atoms with Crippen molar-refractivity contribution in [1.29, 1.82) is 0 Å². The third kappa shape index (κ3) is 13.3. The largest absolute Gasteiger partial charge is 0.872 e. The fraction of sp³-hybridized carbons (Fsp3) is 0.786. The van der Waals surface area contributed by atoms with E-state index in [9.17, 15) is 5.11 Å². The molecule has 2 heteroatoms. The van der Waals surface area contributed by atoms with Gasteiger partial charge in [-0.2, -0.15) is 0 Å². The molecule has 1 aromatic rings. The molecule has 0 bridgehead atoms. The second kappa shape index (κ2) is 14.9. The van der Waals surface area contributed by atoms with Gasteiger partial charge >= 0.3 is 0 Å². The molecule has 0 N–H and O–H groups in total. The zero-order valence-corrected chi connectivity index (χ0v) is 21.9. The molecule has 2 nitrogen and oxygen atoms in total. The van der Waals surface area contributed by atoms with Crippen LogP contribution in [0.25, 0.3) is 0 Å². The molecule has 1 rings (SSSR count). The average Bonchev–Trinajstić information content (AvgIpc) is 2.68. The van der Waals surface area contributed by atoms with Gasteiger partial charge < -0.3 is 9.59 Å². The van der Waals surface area contributed by atoms with Crippen LogP contribution in [-0.4, -0.2) is 31.7 Å². The molecule has 0 heterocycles. The van der Waals surface area contributed by atoms with E-state index in [1.165, 1.54) is 74.5 Å². The molecule has 0 radical (unpaired) electrons. The van der Waals surface area contributed by atoms with Crippen molar-refractivity contribution in [2.45, 2.75) is 105 Å². The standard InChI is InChI=1S/C18H40N.C10H14O/c1-7-11-13-17(9-3)15-19(5,6)16-18(10-4)14-12-8-2;1-10(2,3)8-4-6-9(11)7-5-8/h17-18H,7-16H2,1-6H3;4-7,11H,1-3H3/q+1;/p-1. The normalized spacial score (nSPS) is 14.0. The Morgan fingerprint density at radius 2 is 1.17 bits per heavy atom. The van der Waals surface area contributed by atoms with Gasteiger partial charge in [-0.1, -0.05) is 98.4 Å². The van der Waals surface area contributed by atoms with Crippen LogP contribution in [-0.2, 0) is 5.41 Å². The molecule has 0 aliphatic rings. The van der Waals surface area contributed by atoms with Gasteiger partial charge in [0, 0.05) is 11.8 Å². The molecule has 30 heavy (non-hydrogen) atoms.